The van der Waals surface area contributed by atoms with Crippen LogP contribution in [0.4, 0.5) is 0 Å². The molecule has 2 atom stereocenters. The van der Waals surface area contributed by atoms with E-state index in [1.54, 1.807) is 0 Å². The molecule has 104 valence electrons. The molecule has 1 rings (SSSR count). The fraction of sp³-hybridized carbons (Fsp3) is 1.00. The first kappa shape index (κ1) is 15.9. The SMILES string of the molecule is CC(C)(C)[Si](C)(C)O[C@@H]1CCCSC[C@H]1N=[N+]=[N-]. The van der Waals surface area contributed by atoms with E-state index < -0.39 is 8.32 Å². The third-order valence-electron chi connectivity index (χ3n) is 3.95. The Morgan fingerprint density at radius 3 is 2.61 bits per heavy atom. The standard InChI is InChI=1S/C12H25N3OSSi/c1-12(2,3)18(4,5)16-11-7-6-8-17-9-10(11)14-15-13/h10-11H,6-9H2,1-5H3/t10-,11-/m1/s1. The third kappa shape index (κ3) is 4.19. The van der Waals surface area contributed by atoms with Crippen molar-refractivity contribution in [3.63, 3.8) is 0 Å². The minimum atomic E-state index is -1.78. The maximum absolute atomic E-state index is 8.69. The fourth-order valence-corrected chi connectivity index (χ4v) is 4.20. The van der Waals surface area contributed by atoms with Crippen LogP contribution in [-0.4, -0.2) is 32.0 Å². The van der Waals surface area contributed by atoms with Crippen molar-refractivity contribution in [1.29, 1.82) is 0 Å². The number of thioether (sulfide) groups is 1. The van der Waals surface area contributed by atoms with E-state index in [0.717, 1.165) is 24.3 Å². The van der Waals surface area contributed by atoms with Gasteiger partial charge in [-0.3, -0.25) is 0 Å². The Hall–Kier alpha value is -0.163. The largest absolute Gasteiger partial charge is 0.413 e. The van der Waals surface area contributed by atoms with Gasteiger partial charge in [0.2, 0.25) is 0 Å². The van der Waals surface area contributed by atoms with E-state index in [2.05, 4.69) is 43.9 Å². The topological polar surface area (TPSA) is 58.0 Å². The highest BCUT2D eigenvalue weighted by Gasteiger charge is 2.40. The van der Waals surface area contributed by atoms with Crippen LogP contribution in [0.3, 0.4) is 0 Å². The summed E-state index contributed by atoms with van der Waals surface area (Å²) in [5.74, 6) is 2.04. The lowest BCUT2D eigenvalue weighted by molar-refractivity contribution is 0.151. The number of rotatable bonds is 3. The number of nitrogens with zero attached hydrogens (tertiary/aromatic N) is 3. The van der Waals surface area contributed by atoms with Crippen molar-refractivity contribution in [2.75, 3.05) is 11.5 Å². The van der Waals surface area contributed by atoms with Gasteiger partial charge in [-0.2, -0.15) is 11.8 Å². The molecule has 0 saturated carbocycles. The summed E-state index contributed by atoms with van der Waals surface area (Å²) in [6, 6.07) is -0.00313. The zero-order valence-corrected chi connectivity index (χ0v) is 14.0. The molecule has 0 spiro atoms. The zero-order valence-electron chi connectivity index (χ0n) is 12.1. The molecule has 0 aromatic heterocycles. The second kappa shape index (κ2) is 6.33. The molecule has 6 heteroatoms. The highest BCUT2D eigenvalue weighted by molar-refractivity contribution is 7.99. The Labute approximate surface area is 116 Å². The van der Waals surface area contributed by atoms with Gasteiger partial charge in [0, 0.05) is 10.7 Å². The summed E-state index contributed by atoms with van der Waals surface area (Å²) in [5, 5.41) is 4.15. The van der Waals surface area contributed by atoms with Crippen molar-refractivity contribution in [2.24, 2.45) is 5.11 Å². The van der Waals surface area contributed by atoms with Crippen LogP contribution in [0.2, 0.25) is 18.1 Å². The van der Waals surface area contributed by atoms with Gasteiger partial charge in [-0.05, 0) is 42.3 Å². The Balaban J connectivity index is 2.80. The van der Waals surface area contributed by atoms with Crippen LogP contribution in [0.25, 0.3) is 10.4 Å². The fourth-order valence-electron chi connectivity index (χ4n) is 1.76. The van der Waals surface area contributed by atoms with Gasteiger partial charge >= 0.3 is 0 Å². The summed E-state index contributed by atoms with van der Waals surface area (Å²) in [6.45, 7) is 11.3. The number of azide groups is 1. The summed E-state index contributed by atoms with van der Waals surface area (Å²) < 4.78 is 6.45. The Morgan fingerprint density at radius 1 is 1.39 bits per heavy atom. The summed E-state index contributed by atoms with van der Waals surface area (Å²) in [6.07, 6.45) is 2.28. The van der Waals surface area contributed by atoms with Crippen molar-refractivity contribution in [1.82, 2.24) is 0 Å². The first-order valence-electron chi connectivity index (χ1n) is 6.58. The molecule has 1 saturated heterocycles. The molecule has 18 heavy (non-hydrogen) atoms. The molecule has 0 aliphatic carbocycles. The van der Waals surface area contributed by atoms with Gasteiger partial charge in [0.25, 0.3) is 0 Å². The molecule has 4 nitrogen and oxygen atoms in total. The maximum Gasteiger partial charge on any atom is 0.192 e. The van der Waals surface area contributed by atoms with Gasteiger partial charge in [0.15, 0.2) is 8.32 Å². The van der Waals surface area contributed by atoms with E-state index in [-0.39, 0.29) is 17.2 Å². The molecule has 1 aliphatic heterocycles. The molecule has 0 unspecified atom stereocenters. The Bertz CT molecular complexity index is 324. The highest BCUT2D eigenvalue weighted by atomic mass is 32.2. The maximum atomic E-state index is 8.69. The average Bonchev–Trinajstić information content (AvgIpc) is 2.43. The molecule has 0 radical (unpaired) electrons. The lowest BCUT2D eigenvalue weighted by Crippen LogP contribution is -2.46. The van der Waals surface area contributed by atoms with E-state index in [4.69, 9.17) is 9.96 Å². The number of hydrogen-bond acceptors (Lipinski definition) is 3. The molecule has 1 aliphatic rings. The van der Waals surface area contributed by atoms with E-state index >= 15 is 0 Å². The normalized spacial score (nSPS) is 26.3. The summed E-state index contributed by atoms with van der Waals surface area (Å²) in [5.41, 5.74) is 8.69. The van der Waals surface area contributed by atoms with Gasteiger partial charge in [-0.1, -0.05) is 25.9 Å². The third-order valence-corrected chi connectivity index (χ3v) is 9.61. The molecule has 0 aromatic rings. The van der Waals surface area contributed by atoms with E-state index in [0.29, 0.717) is 0 Å². The first-order chi connectivity index (χ1) is 8.28. The van der Waals surface area contributed by atoms with E-state index in [9.17, 15) is 0 Å². The van der Waals surface area contributed by atoms with Gasteiger partial charge in [-0.15, -0.1) is 0 Å². The molecular formula is C12H25N3OSSi. The van der Waals surface area contributed by atoms with E-state index in [1.807, 2.05) is 11.8 Å². The summed E-state index contributed by atoms with van der Waals surface area (Å²) in [4.78, 5) is 2.99. The molecule has 1 heterocycles. The van der Waals surface area contributed by atoms with Gasteiger partial charge in [0.1, 0.15) is 0 Å². The molecule has 0 aromatic carbocycles. The molecule has 0 bridgehead atoms. The van der Waals surface area contributed by atoms with Crippen molar-refractivity contribution in [3.8, 4) is 0 Å². The summed E-state index contributed by atoms with van der Waals surface area (Å²) in [7, 11) is -1.78. The van der Waals surface area contributed by atoms with Gasteiger partial charge in [0.05, 0.1) is 12.1 Å². The lowest BCUT2D eigenvalue weighted by Gasteiger charge is -2.40. The van der Waals surface area contributed by atoms with Crippen LogP contribution in [-0.2, 0) is 4.43 Å². The summed E-state index contributed by atoms with van der Waals surface area (Å²) >= 11 is 1.87. The molecule has 1 fully saturated rings. The van der Waals surface area contributed by atoms with E-state index in [1.165, 1.54) is 0 Å². The molecule has 0 N–H and O–H groups in total. The second-order valence-corrected chi connectivity index (χ2v) is 12.3. The Morgan fingerprint density at radius 2 is 2.06 bits per heavy atom. The van der Waals surface area contributed by atoms with Crippen molar-refractivity contribution < 1.29 is 4.43 Å². The predicted octanol–water partition coefficient (Wildman–Crippen LogP) is 4.58. The monoisotopic (exact) mass is 287 g/mol. The smallest absolute Gasteiger partial charge is 0.192 e. The van der Waals surface area contributed by atoms with Crippen LogP contribution >= 0.6 is 11.8 Å². The minimum absolute atomic E-state index is 0.00313. The van der Waals surface area contributed by atoms with Crippen LogP contribution < -0.4 is 0 Å². The lowest BCUT2D eigenvalue weighted by atomic mass is 10.1. The van der Waals surface area contributed by atoms with Crippen molar-refractivity contribution in [2.45, 2.75) is 63.9 Å². The number of hydrogen-bond donors (Lipinski definition) is 0. The van der Waals surface area contributed by atoms with Gasteiger partial charge < -0.3 is 4.43 Å². The highest BCUT2D eigenvalue weighted by Crippen LogP contribution is 2.39. The van der Waals surface area contributed by atoms with Crippen LogP contribution in [0.5, 0.6) is 0 Å². The molecular weight excluding hydrogens is 262 g/mol. The molecule has 0 amide bonds. The predicted molar refractivity (Wildman–Crippen MR) is 81.6 cm³/mol. The quantitative estimate of drug-likeness (QED) is 0.330. The van der Waals surface area contributed by atoms with Crippen LogP contribution in [0, 0.1) is 0 Å². The first-order valence-corrected chi connectivity index (χ1v) is 10.6. The zero-order chi connectivity index (χ0) is 13.8. The van der Waals surface area contributed by atoms with Crippen molar-refractivity contribution >= 4 is 20.1 Å². The van der Waals surface area contributed by atoms with Crippen LogP contribution in [0.15, 0.2) is 5.11 Å². The minimum Gasteiger partial charge on any atom is -0.413 e. The van der Waals surface area contributed by atoms with Crippen LogP contribution in [0.1, 0.15) is 33.6 Å². The second-order valence-electron chi connectivity index (χ2n) is 6.41. The average molecular weight is 288 g/mol. The van der Waals surface area contributed by atoms with Gasteiger partial charge in [-0.25, -0.2) is 0 Å². The van der Waals surface area contributed by atoms with Crippen molar-refractivity contribution in [3.05, 3.63) is 10.4 Å². The Kier molecular flexibility index (Phi) is 5.59.